The molecule has 1 aliphatic heterocycles. The second kappa shape index (κ2) is 4.48. The predicted molar refractivity (Wildman–Crippen MR) is 52.3 cm³/mol. The molecule has 1 heterocycles. The first kappa shape index (κ1) is 10.2. The minimum Gasteiger partial charge on any atom is -0.453 e. The van der Waals surface area contributed by atoms with Gasteiger partial charge in [0, 0.05) is 18.2 Å². The Balaban J connectivity index is 2.35. The summed E-state index contributed by atoms with van der Waals surface area (Å²) < 4.78 is 15.8. The Hall–Kier alpha value is -1.30. The van der Waals surface area contributed by atoms with Gasteiger partial charge >= 0.3 is 0 Å². The third kappa shape index (κ3) is 1.90. The van der Waals surface area contributed by atoms with Crippen LogP contribution in [0.3, 0.4) is 0 Å². The first-order valence-corrected chi connectivity index (χ1v) is 4.57. The summed E-state index contributed by atoms with van der Waals surface area (Å²) in [6.45, 7) is 1.03. The van der Waals surface area contributed by atoms with Crippen LogP contribution in [-0.2, 0) is 22.8 Å². The highest BCUT2D eigenvalue weighted by Gasteiger charge is 2.21. The maximum atomic E-state index is 5.37. The largest absolute Gasteiger partial charge is 0.453 e. The summed E-state index contributed by atoms with van der Waals surface area (Å²) in [6.07, 6.45) is 0. The van der Waals surface area contributed by atoms with Gasteiger partial charge in [-0.25, -0.2) is 5.90 Å². The second-order valence-corrected chi connectivity index (χ2v) is 3.19. The Morgan fingerprint density at radius 3 is 2.33 bits per heavy atom. The van der Waals surface area contributed by atoms with Gasteiger partial charge in [-0.05, 0) is 0 Å². The minimum absolute atomic E-state index is 0.230. The van der Waals surface area contributed by atoms with Crippen molar-refractivity contribution < 1.29 is 19.0 Å². The zero-order chi connectivity index (χ0) is 10.7. The van der Waals surface area contributed by atoms with E-state index >= 15 is 0 Å². The molecule has 0 aromatic heterocycles. The molecule has 15 heavy (non-hydrogen) atoms. The quantitative estimate of drug-likeness (QED) is 0.751. The lowest BCUT2D eigenvalue weighted by Gasteiger charge is -2.08. The first-order valence-electron chi connectivity index (χ1n) is 4.57. The van der Waals surface area contributed by atoms with E-state index in [1.165, 1.54) is 0 Å². The summed E-state index contributed by atoms with van der Waals surface area (Å²) in [5.41, 5.74) is 1.84. The number of hydrogen-bond acceptors (Lipinski definition) is 5. The van der Waals surface area contributed by atoms with Crippen molar-refractivity contribution >= 4 is 0 Å². The standard InChI is InChI=1S/C10H13NO4/c1-12-4-7-2-3-8(5-15-11)10-9(7)13-6-14-10/h2-3H,4-6,11H2,1H3. The summed E-state index contributed by atoms with van der Waals surface area (Å²) in [5, 5.41) is 0. The van der Waals surface area contributed by atoms with Crippen molar-refractivity contribution in [2.45, 2.75) is 13.2 Å². The summed E-state index contributed by atoms with van der Waals surface area (Å²) >= 11 is 0. The molecule has 1 aliphatic rings. The molecule has 0 bridgehead atoms. The third-order valence-corrected chi connectivity index (χ3v) is 2.22. The molecule has 0 aliphatic carbocycles. The fourth-order valence-corrected chi connectivity index (χ4v) is 1.58. The lowest BCUT2D eigenvalue weighted by Crippen LogP contribution is -2.01. The van der Waals surface area contributed by atoms with Crippen molar-refractivity contribution in [2.75, 3.05) is 13.9 Å². The molecule has 0 fully saturated rings. The Morgan fingerprint density at radius 2 is 1.80 bits per heavy atom. The smallest absolute Gasteiger partial charge is 0.231 e. The summed E-state index contributed by atoms with van der Waals surface area (Å²) in [7, 11) is 1.64. The van der Waals surface area contributed by atoms with E-state index in [1.54, 1.807) is 7.11 Å². The van der Waals surface area contributed by atoms with E-state index in [1.807, 2.05) is 12.1 Å². The molecule has 0 amide bonds. The normalized spacial score (nSPS) is 13.2. The van der Waals surface area contributed by atoms with Gasteiger partial charge in [-0.2, -0.15) is 0 Å². The van der Waals surface area contributed by atoms with Gasteiger partial charge in [0.25, 0.3) is 0 Å². The predicted octanol–water partition coefficient (Wildman–Crippen LogP) is 0.952. The molecule has 2 N–H and O–H groups in total. The molecule has 2 rings (SSSR count). The molecule has 5 heteroatoms. The lowest BCUT2D eigenvalue weighted by molar-refractivity contribution is 0.120. The highest BCUT2D eigenvalue weighted by Crippen LogP contribution is 2.39. The van der Waals surface area contributed by atoms with E-state index in [0.29, 0.717) is 19.0 Å². The van der Waals surface area contributed by atoms with Crippen LogP contribution >= 0.6 is 0 Å². The Morgan fingerprint density at radius 1 is 1.20 bits per heavy atom. The van der Waals surface area contributed by atoms with Crippen molar-refractivity contribution in [1.29, 1.82) is 0 Å². The van der Waals surface area contributed by atoms with Crippen LogP contribution in [0.2, 0.25) is 0 Å². The van der Waals surface area contributed by atoms with Crippen LogP contribution in [-0.4, -0.2) is 13.9 Å². The number of nitrogens with two attached hydrogens (primary N) is 1. The van der Waals surface area contributed by atoms with Gasteiger partial charge < -0.3 is 14.2 Å². The molecule has 1 aromatic carbocycles. The van der Waals surface area contributed by atoms with Gasteiger partial charge in [-0.15, -0.1) is 0 Å². The number of methoxy groups -OCH3 is 1. The molecular formula is C10H13NO4. The lowest BCUT2D eigenvalue weighted by atomic mass is 10.1. The van der Waals surface area contributed by atoms with Crippen molar-refractivity contribution in [3.63, 3.8) is 0 Å². The van der Waals surface area contributed by atoms with Gasteiger partial charge in [0.05, 0.1) is 13.2 Å². The SMILES string of the molecule is COCc1ccc(CON)c2c1OCO2. The van der Waals surface area contributed by atoms with Crippen molar-refractivity contribution in [3.05, 3.63) is 23.3 Å². The van der Waals surface area contributed by atoms with Gasteiger partial charge in [-0.1, -0.05) is 12.1 Å². The molecule has 0 saturated carbocycles. The van der Waals surface area contributed by atoms with Crippen LogP contribution in [0.5, 0.6) is 11.5 Å². The molecule has 0 saturated heterocycles. The van der Waals surface area contributed by atoms with Gasteiger partial charge in [-0.3, -0.25) is 4.84 Å². The molecule has 0 atom stereocenters. The van der Waals surface area contributed by atoms with E-state index in [9.17, 15) is 0 Å². The fraction of sp³-hybridized carbons (Fsp3) is 0.400. The summed E-state index contributed by atoms with van der Waals surface area (Å²) in [6, 6.07) is 3.82. The summed E-state index contributed by atoms with van der Waals surface area (Å²) in [4.78, 5) is 4.59. The maximum Gasteiger partial charge on any atom is 0.231 e. The van der Waals surface area contributed by atoms with Gasteiger partial charge in [0.2, 0.25) is 6.79 Å². The third-order valence-electron chi connectivity index (χ3n) is 2.22. The second-order valence-electron chi connectivity index (χ2n) is 3.19. The topological polar surface area (TPSA) is 62.9 Å². The fourth-order valence-electron chi connectivity index (χ4n) is 1.58. The van der Waals surface area contributed by atoms with Crippen molar-refractivity contribution in [3.8, 4) is 11.5 Å². The molecule has 82 valence electrons. The highest BCUT2D eigenvalue weighted by atomic mass is 16.7. The van der Waals surface area contributed by atoms with Crippen molar-refractivity contribution in [2.24, 2.45) is 5.90 Å². The van der Waals surface area contributed by atoms with Gasteiger partial charge in [0.15, 0.2) is 11.5 Å². The van der Waals surface area contributed by atoms with E-state index < -0.39 is 0 Å². The van der Waals surface area contributed by atoms with Crippen molar-refractivity contribution in [1.82, 2.24) is 0 Å². The van der Waals surface area contributed by atoms with E-state index in [0.717, 1.165) is 16.9 Å². The molecule has 0 radical (unpaired) electrons. The van der Waals surface area contributed by atoms with Gasteiger partial charge in [0.1, 0.15) is 0 Å². The summed E-state index contributed by atoms with van der Waals surface area (Å²) in [5.74, 6) is 6.46. The molecule has 5 nitrogen and oxygen atoms in total. The number of ether oxygens (including phenoxy) is 3. The molecular weight excluding hydrogens is 198 g/mol. The maximum absolute atomic E-state index is 5.37. The average molecular weight is 211 g/mol. The van der Waals surface area contributed by atoms with Crippen LogP contribution in [0.15, 0.2) is 12.1 Å². The molecule has 0 spiro atoms. The van der Waals surface area contributed by atoms with Crippen LogP contribution in [0.1, 0.15) is 11.1 Å². The minimum atomic E-state index is 0.230. The zero-order valence-corrected chi connectivity index (χ0v) is 8.49. The first-order chi connectivity index (χ1) is 7.36. The van der Waals surface area contributed by atoms with E-state index in [4.69, 9.17) is 20.1 Å². The number of hydrogen-bond donors (Lipinski definition) is 1. The van der Waals surface area contributed by atoms with Crippen LogP contribution < -0.4 is 15.4 Å². The van der Waals surface area contributed by atoms with Crippen LogP contribution in [0.4, 0.5) is 0 Å². The Labute approximate surface area is 87.6 Å². The van der Waals surface area contributed by atoms with Crippen LogP contribution in [0.25, 0.3) is 0 Å². The number of fused-ring (bicyclic) bond motifs is 1. The Bertz CT molecular complexity index is 321. The number of benzene rings is 1. The molecule has 1 aromatic rings. The molecule has 0 unspecified atom stereocenters. The Kier molecular flexibility index (Phi) is 3.05. The van der Waals surface area contributed by atoms with E-state index in [2.05, 4.69) is 4.84 Å². The zero-order valence-electron chi connectivity index (χ0n) is 8.49. The van der Waals surface area contributed by atoms with E-state index in [-0.39, 0.29) is 6.79 Å². The monoisotopic (exact) mass is 211 g/mol. The highest BCUT2D eigenvalue weighted by molar-refractivity contribution is 5.53. The van der Waals surface area contributed by atoms with Crippen LogP contribution in [0, 0.1) is 0 Å². The average Bonchev–Trinajstić information content (AvgIpc) is 2.71. The number of rotatable bonds is 4.